The number of aliphatic carboxylic acids is 1. The molecule has 0 spiro atoms. The van der Waals surface area contributed by atoms with E-state index in [0.717, 1.165) is 12.2 Å². The van der Waals surface area contributed by atoms with Gasteiger partial charge in [0.25, 0.3) is 0 Å². The fourth-order valence-corrected chi connectivity index (χ4v) is 2.53. The van der Waals surface area contributed by atoms with Crippen LogP contribution in [0.2, 0.25) is 0 Å². The molecule has 0 aliphatic heterocycles. The van der Waals surface area contributed by atoms with Crippen LogP contribution in [0.3, 0.4) is 0 Å². The monoisotopic (exact) mass is 356 g/mol. The maximum absolute atomic E-state index is 11.8. The second-order valence-electron chi connectivity index (χ2n) is 5.63. The van der Waals surface area contributed by atoms with Gasteiger partial charge in [0.05, 0.1) is 12.3 Å². The highest BCUT2D eigenvalue weighted by molar-refractivity contribution is 5.95. The summed E-state index contributed by atoms with van der Waals surface area (Å²) >= 11 is 0. The molecule has 7 heteroatoms. The Hall–Kier alpha value is -3.22. The molecule has 0 saturated carbocycles. The number of anilines is 2. The maximum Gasteiger partial charge on any atom is 0.330 e. The van der Waals surface area contributed by atoms with Crippen LogP contribution in [-0.4, -0.2) is 30.1 Å². The molecule has 0 amide bonds. The number of ether oxygens (including phenoxy) is 1. The van der Waals surface area contributed by atoms with Gasteiger partial charge in [-0.15, -0.1) is 0 Å². The highest BCUT2D eigenvalue weighted by Gasteiger charge is 2.21. The minimum absolute atomic E-state index is 0.0355. The molecule has 0 heterocycles. The summed E-state index contributed by atoms with van der Waals surface area (Å²) in [4.78, 5) is 11.8. The van der Waals surface area contributed by atoms with E-state index < -0.39 is 12.0 Å². The standard InChI is InChI=1S/C19H24N4O3/c1-3-22-15-10-7-13(11-16(15)26-4-2)17(19(24)25)23-14-8-5-12(6-9-14)18(20)21/h5-11,17,22-23H,3-4H2,1-2H3,(H3,20,21)(H,24,25). The summed E-state index contributed by atoms with van der Waals surface area (Å²) in [7, 11) is 0. The lowest BCUT2D eigenvalue weighted by molar-refractivity contribution is -0.138. The van der Waals surface area contributed by atoms with E-state index >= 15 is 0 Å². The fourth-order valence-electron chi connectivity index (χ4n) is 2.53. The first-order chi connectivity index (χ1) is 12.5. The number of benzene rings is 2. The Morgan fingerprint density at radius 3 is 2.46 bits per heavy atom. The Kier molecular flexibility index (Phi) is 6.43. The van der Waals surface area contributed by atoms with Crippen LogP contribution in [0.1, 0.15) is 31.0 Å². The van der Waals surface area contributed by atoms with Gasteiger partial charge in [-0.1, -0.05) is 6.07 Å². The summed E-state index contributed by atoms with van der Waals surface area (Å²) in [6.07, 6.45) is 0. The van der Waals surface area contributed by atoms with Gasteiger partial charge in [0.15, 0.2) is 6.04 Å². The van der Waals surface area contributed by atoms with Crippen LogP contribution < -0.4 is 21.1 Å². The average molecular weight is 356 g/mol. The van der Waals surface area contributed by atoms with Crippen molar-refractivity contribution in [3.05, 3.63) is 53.6 Å². The number of nitrogen functional groups attached to an aromatic ring is 1. The molecule has 0 fully saturated rings. The van der Waals surface area contributed by atoms with Crippen LogP contribution in [0, 0.1) is 5.41 Å². The number of amidine groups is 1. The summed E-state index contributed by atoms with van der Waals surface area (Å²) in [6, 6.07) is 11.1. The molecule has 1 unspecified atom stereocenters. The highest BCUT2D eigenvalue weighted by atomic mass is 16.5. The molecular formula is C19H24N4O3. The third-order valence-corrected chi connectivity index (χ3v) is 3.76. The molecule has 7 nitrogen and oxygen atoms in total. The summed E-state index contributed by atoms with van der Waals surface area (Å²) in [6.45, 7) is 5.09. The Morgan fingerprint density at radius 1 is 1.23 bits per heavy atom. The van der Waals surface area contributed by atoms with Crippen molar-refractivity contribution in [2.45, 2.75) is 19.9 Å². The fraction of sp³-hybridized carbons (Fsp3) is 0.263. The van der Waals surface area contributed by atoms with E-state index in [9.17, 15) is 9.90 Å². The summed E-state index contributed by atoms with van der Waals surface area (Å²) in [5.41, 5.74) is 8.05. The Morgan fingerprint density at radius 2 is 1.92 bits per heavy atom. The van der Waals surface area contributed by atoms with Crippen LogP contribution in [-0.2, 0) is 4.79 Å². The van der Waals surface area contributed by atoms with Gasteiger partial charge in [-0.2, -0.15) is 0 Å². The number of hydrogen-bond acceptors (Lipinski definition) is 5. The third-order valence-electron chi connectivity index (χ3n) is 3.76. The first kappa shape index (κ1) is 19.1. The molecular weight excluding hydrogens is 332 g/mol. The highest BCUT2D eigenvalue weighted by Crippen LogP contribution is 2.30. The van der Waals surface area contributed by atoms with Gasteiger partial charge < -0.3 is 26.2 Å². The van der Waals surface area contributed by atoms with Crippen molar-refractivity contribution < 1.29 is 14.6 Å². The SMILES string of the molecule is CCNc1ccc(C(Nc2ccc(C(=N)N)cc2)C(=O)O)cc1OCC. The van der Waals surface area contributed by atoms with E-state index in [-0.39, 0.29) is 5.84 Å². The number of rotatable bonds is 9. The van der Waals surface area contributed by atoms with E-state index in [0.29, 0.717) is 29.2 Å². The smallest absolute Gasteiger partial charge is 0.330 e. The Bertz CT molecular complexity index is 775. The van der Waals surface area contributed by atoms with Crippen LogP contribution in [0.4, 0.5) is 11.4 Å². The molecule has 0 aliphatic carbocycles. The number of hydrogen-bond donors (Lipinski definition) is 5. The van der Waals surface area contributed by atoms with Crippen molar-refractivity contribution in [3.63, 3.8) is 0 Å². The van der Waals surface area contributed by atoms with E-state index in [1.54, 1.807) is 36.4 Å². The van der Waals surface area contributed by atoms with E-state index in [1.165, 1.54) is 0 Å². The molecule has 2 aromatic rings. The van der Waals surface area contributed by atoms with E-state index in [1.807, 2.05) is 19.9 Å². The summed E-state index contributed by atoms with van der Waals surface area (Å²) < 4.78 is 5.63. The molecule has 26 heavy (non-hydrogen) atoms. The van der Waals surface area contributed by atoms with Gasteiger partial charge in [-0.05, 0) is 55.8 Å². The second kappa shape index (κ2) is 8.75. The number of carbonyl (C=O) groups is 1. The molecule has 2 rings (SSSR count). The Balaban J connectivity index is 2.30. The normalized spacial score (nSPS) is 11.5. The lowest BCUT2D eigenvalue weighted by Gasteiger charge is -2.19. The van der Waals surface area contributed by atoms with Crippen molar-refractivity contribution in [3.8, 4) is 5.75 Å². The summed E-state index contributed by atoms with van der Waals surface area (Å²) in [5.74, 6) is -0.419. The van der Waals surface area contributed by atoms with Crippen molar-refractivity contribution >= 4 is 23.2 Å². The van der Waals surface area contributed by atoms with Crippen LogP contribution in [0.15, 0.2) is 42.5 Å². The lowest BCUT2D eigenvalue weighted by atomic mass is 10.0. The summed E-state index contributed by atoms with van der Waals surface area (Å²) in [5, 5.41) is 23.3. The quantitative estimate of drug-likeness (QED) is 0.348. The number of carboxylic acid groups (broad SMARTS) is 1. The predicted molar refractivity (Wildman–Crippen MR) is 103 cm³/mol. The maximum atomic E-state index is 11.8. The second-order valence-corrected chi connectivity index (χ2v) is 5.63. The van der Waals surface area contributed by atoms with Gasteiger partial charge >= 0.3 is 5.97 Å². The third kappa shape index (κ3) is 4.66. The molecule has 1 atom stereocenters. The zero-order chi connectivity index (χ0) is 19.1. The minimum atomic E-state index is -1.00. The zero-order valence-electron chi connectivity index (χ0n) is 14.9. The van der Waals surface area contributed by atoms with Crippen molar-refractivity contribution in [1.82, 2.24) is 0 Å². The number of nitrogens with one attached hydrogen (secondary N) is 3. The first-order valence-electron chi connectivity index (χ1n) is 8.40. The molecule has 138 valence electrons. The zero-order valence-corrected chi connectivity index (χ0v) is 14.9. The topological polar surface area (TPSA) is 120 Å². The van der Waals surface area contributed by atoms with Crippen molar-refractivity contribution in [1.29, 1.82) is 5.41 Å². The molecule has 0 saturated heterocycles. The number of carboxylic acids is 1. The van der Waals surface area contributed by atoms with Gasteiger partial charge in [0, 0.05) is 17.8 Å². The molecule has 2 aromatic carbocycles. The van der Waals surface area contributed by atoms with Gasteiger partial charge in [0.2, 0.25) is 0 Å². The van der Waals surface area contributed by atoms with Crippen LogP contribution >= 0.6 is 0 Å². The van der Waals surface area contributed by atoms with Gasteiger partial charge in [0.1, 0.15) is 11.6 Å². The van der Waals surface area contributed by atoms with Gasteiger partial charge in [-0.25, -0.2) is 4.79 Å². The number of nitrogens with two attached hydrogens (primary N) is 1. The molecule has 0 aromatic heterocycles. The van der Waals surface area contributed by atoms with E-state index in [4.69, 9.17) is 15.9 Å². The molecule has 0 radical (unpaired) electrons. The minimum Gasteiger partial charge on any atom is -0.492 e. The predicted octanol–water partition coefficient (Wildman–Crippen LogP) is 3.04. The Labute approximate surface area is 152 Å². The van der Waals surface area contributed by atoms with Crippen LogP contribution in [0.5, 0.6) is 5.75 Å². The van der Waals surface area contributed by atoms with E-state index in [2.05, 4.69) is 10.6 Å². The largest absolute Gasteiger partial charge is 0.492 e. The van der Waals surface area contributed by atoms with Gasteiger partial charge in [-0.3, -0.25) is 5.41 Å². The van der Waals surface area contributed by atoms with Crippen molar-refractivity contribution in [2.75, 3.05) is 23.8 Å². The first-order valence-corrected chi connectivity index (χ1v) is 8.40. The van der Waals surface area contributed by atoms with Crippen molar-refractivity contribution in [2.24, 2.45) is 5.73 Å². The molecule has 6 N–H and O–H groups in total. The molecule has 0 aliphatic rings. The lowest BCUT2D eigenvalue weighted by Crippen LogP contribution is -2.21. The average Bonchev–Trinajstić information content (AvgIpc) is 2.62. The molecule has 0 bridgehead atoms. The van der Waals surface area contributed by atoms with Crippen LogP contribution in [0.25, 0.3) is 0 Å².